The smallest absolute Gasteiger partial charge is 0.264 e. The molecule has 7 nitrogen and oxygen atoms in total. The van der Waals surface area contributed by atoms with Crippen LogP contribution in [0.25, 0.3) is 0 Å². The van der Waals surface area contributed by atoms with Crippen molar-refractivity contribution < 1.29 is 22.4 Å². The number of carbonyl (C=O) groups excluding carboxylic acids is 2. The molecule has 0 heterocycles. The number of benzene rings is 4. The molecule has 2 amide bonds. The number of rotatable bonds is 11. The maximum absolute atomic E-state index is 14.8. The molecule has 1 N–H and O–H groups in total. The van der Waals surface area contributed by atoms with Crippen molar-refractivity contribution in [1.29, 1.82) is 0 Å². The standard InChI is InChI=1S/C32H31ClFN3O4S/c1-23-16-18-26(19-17-23)42(40,41)37(29-15-9-7-13-27(29)33)22-31(38)36(21-25-12-6-8-14-28(25)34)30(32(39)35-2)20-24-10-4-3-5-11-24/h3-19,30H,20-22H2,1-2H3,(H,35,39)/t30-/m1/s1. The minimum absolute atomic E-state index is 0.0337. The van der Waals surface area contributed by atoms with Crippen molar-refractivity contribution in [2.24, 2.45) is 0 Å². The fourth-order valence-electron chi connectivity index (χ4n) is 4.54. The quantitative estimate of drug-likeness (QED) is 0.248. The number of nitrogens with zero attached hydrogens (tertiary/aromatic N) is 2. The first-order chi connectivity index (χ1) is 20.1. The van der Waals surface area contributed by atoms with Crippen LogP contribution in [0.1, 0.15) is 16.7 Å². The Balaban J connectivity index is 1.80. The Bertz CT molecular complexity index is 1650. The molecule has 0 aliphatic carbocycles. The van der Waals surface area contributed by atoms with Crippen molar-refractivity contribution in [1.82, 2.24) is 10.2 Å². The average molecular weight is 608 g/mol. The zero-order chi connectivity index (χ0) is 30.3. The Hall–Kier alpha value is -4.21. The molecule has 0 aliphatic rings. The first-order valence-corrected chi connectivity index (χ1v) is 15.1. The molecule has 42 heavy (non-hydrogen) atoms. The Kier molecular flexibility index (Phi) is 9.98. The number of nitrogens with one attached hydrogen (secondary N) is 1. The predicted octanol–water partition coefficient (Wildman–Crippen LogP) is 5.37. The van der Waals surface area contributed by atoms with E-state index in [1.165, 1.54) is 54.4 Å². The number of halogens is 2. The second kappa shape index (κ2) is 13.6. The SMILES string of the molecule is CNC(=O)[C@@H](Cc1ccccc1)N(Cc1ccccc1F)C(=O)CN(c1ccccc1Cl)S(=O)(=O)c1ccc(C)cc1. The van der Waals surface area contributed by atoms with E-state index in [0.29, 0.717) is 0 Å². The number of likely N-dealkylation sites (N-methyl/N-ethyl adjacent to an activating group) is 1. The number of amides is 2. The number of hydrogen-bond acceptors (Lipinski definition) is 4. The van der Waals surface area contributed by atoms with E-state index in [9.17, 15) is 22.4 Å². The highest BCUT2D eigenvalue weighted by atomic mass is 35.5. The summed E-state index contributed by atoms with van der Waals surface area (Å²) in [5.74, 6) is -1.74. The molecule has 4 aromatic carbocycles. The molecule has 4 aromatic rings. The van der Waals surface area contributed by atoms with E-state index < -0.39 is 40.2 Å². The molecule has 0 fully saturated rings. The maximum Gasteiger partial charge on any atom is 0.264 e. The number of sulfonamides is 1. The van der Waals surface area contributed by atoms with Gasteiger partial charge in [-0.15, -0.1) is 0 Å². The van der Waals surface area contributed by atoms with Crippen molar-refractivity contribution in [2.75, 3.05) is 17.9 Å². The first-order valence-electron chi connectivity index (χ1n) is 13.2. The Morgan fingerprint density at radius 3 is 2.14 bits per heavy atom. The second-order valence-electron chi connectivity index (χ2n) is 9.71. The van der Waals surface area contributed by atoms with Gasteiger partial charge in [0.1, 0.15) is 18.4 Å². The molecule has 10 heteroatoms. The summed E-state index contributed by atoms with van der Waals surface area (Å²) in [6.07, 6.45) is 0.123. The van der Waals surface area contributed by atoms with Crippen LogP contribution in [0.4, 0.5) is 10.1 Å². The van der Waals surface area contributed by atoms with Crippen LogP contribution < -0.4 is 9.62 Å². The highest BCUT2D eigenvalue weighted by Crippen LogP contribution is 2.31. The molecule has 0 aromatic heterocycles. The number of carbonyl (C=O) groups is 2. The van der Waals surface area contributed by atoms with Crippen LogP contribution in [0, 0.1) is 12.7 Å². The van der Waals surface area contributed by atoms with Gasteiger partial charge in [0.05, 0.1) is 15.6 Å². The third-order valence-electron chi connectivity index (χ3n) is 6.83. The topological polar surface area (TPSA) is 86.8 Å². The van der Waals surface area contributed by atoms with Gasteiger partial charge in [0.25, 0.3) is 10.0 Å². The normalized spacial score (nSPS) is 11.9. The summed E-state index contributed by atoms with van der Waals surface area (Å²) in [4.78, 5) is 28.6. The maximum atomic E-state index is 14.8. The van der Waals surface area contributed by atoms with Crippen LogP contribution in [0.5, 0.6) is 0 Å². The van der Waals surface area contributed by atoms with Crippen molar-refractivity contribution in [3.05, 3.63) is 131 Å². The van der Waals surface area contributed by atoms with Gasteiger partial charge in [0.2, 0.25) is 11.8 Å². The number of aryl methyl sites for hydroxylation is 1. The van der Waals surface area contributed by atoms with Crippen molar-refractivity contribution in [3.63, 3.8) is 0 Å². The van der Waals surface area contributed by atoms with Gasteiger partial charge in [0, 0.05) is 25.6 Å². The lowest BCUT2D eigenvalue weighted by Crippen LogP contribution is -2.53. The minimum Gasteiger partial charge on any atom is -0.357 e. The highest BCUT2D eigenvalue weighted by Gasteiger charge is 2.35. The zero-order valence-corrected chi connectivity index (χ0v) is 24.8. The lowest BCUT2D eigenvalue weighted by molar-refractivity contribution is -0.139. The molecule has 0 bridgehead atoms. The summed E-state index contributed by atoms with van der Waals surface area (Å²) in [5.41, 5.74) is 1.91. The molecule has 0 radical (unpaired) electrons. The predicted molar refractivity (Wildman–Crippen MR) is 162 cm³/mol. The third kappa shape index (κ3) is 7.16. The lowest BCUT2D eigenvalue weighted by atomic mass is 10.0. The molecule has 0 spiro atoms. The van der Waals surface area contributed by atoms with E-state index in [4.69, 9.17) is 11.6 Å². The molecule has 0 saturated heterocycles. The van der Waals surface area contributed by atoms with Crippen LogP contribution in [0.15, 0.2) is 108 Å². The van der Waals surface area contributed by atoms with Crippen LogP contribution in [0.3, 0.4) is 0 Å². The van der Waals surface area contributed by atoms with Gasteiger partial charge in [-0.05, 0) is 42.8 Å². The van der Waals surface area contributed by atoms with Crippen LogP contribution >= 0.6 is 11.6 Å². The molecule has 4 rings (SSSR count). The number of anilines is 1. The Morgan fingerprint density at radius 1 is 0.881 bits per heavy atom. The monoisotopic (exact) mass is 607 g/mol. The first kappa shape index (κ1) is 30.7. The molecule has 0 unspecified atom stereocenters. The van der Waals surface area contributed by atoms with E-state index in [0.717, 1.165) is 15.4 Å². The molecule has 1 atom stereocenters. The Morgan fingerprint density at radius 2 is 1.50 bits per heavy atom. The summed E-state index contributed by atoms with van der Waals surface area (Å²) in [6, 6.07) is 26.5. The largest absolute Gasteiger partial charge is 0.357 e. The fourth-order valence-corrected chi connectivity index (χ4v) is 6.26. The molecular formula is C32H31ClFN3O4S. The van der Waals surface area contributed by atoms with Gasteiger partial charge < -0.3 is 10.2 Å². The van der Waals surface area contributed by atoms with Gasteiger partial charge in [-0.2, -0.15) is 0 Å². The Labute approximate surface area is 250 Å². The van der Waals surface area contributed by atoms with Crippen LogP contribution in [-0.2, 0) is 32.6 Å². The van der Waals surface area contributed by atoms with Gasteiger partial charge in [0.15, 0.2) is 0 Å². The fraction of sp³-hybridized carbons (Fsp3) is 0.188. The zero-order valence-electron chi connectivity index (χ0n) is 23.2. The third-order valence-corrected chi connectivity index (χ3v) is 8.92. The second-order valence-corrected chi connectivity index (χ2v) is 12.0. The number of hydrogen-bond donors (Lipinski definition) is 1. The van der Waals surface area contributed by atoms with E-state index in [2.05, 4.69) is 5.32 Å². The summed E-state index contributed by atoms with van der Waals surface area (Å²) < 4.78 is 43.7. The highest BCUT2D eigenvalue weighted by molar-refractivity contribution is 7.92. The van der Waals surface area contributed by atoms with Crippen molar-refractivity contribution in [2.45, 2.75) is 30.8 Å². The molecule has 0 aliphatic heterocycles. The summed E-state index contributed by atoms with van der Waals surface area (Å²) >= 11 is 6.45. The summed E-state index contributed by atoms with van der Waals surface area (Å²) in [7, 11) is -2.84. The van der Waals surface area contributed by atoms with Crippen molar-refractivity contribution >= 4 is 39.1 Å². The van der Waals surface area contributed by atoms with E-state index in [-0.39, 0.29) is 34.1 Å². The van der Waals surface area contributed by atoms with Gasteiger partial charge in [-0.1, -0.05) is 90.0 Å². The molecule has 218 valence electrons. The summed E-state index contributed by atoms with van der Waals surface area (Å²) in [6.45, 7) is 0.881. The van der Waals surface area contributed by atoms with Crippen LogP contribution in [-0.4, -0.2) is 44.8 Å². The van der Waals surface area contributed by atoms with Gasteiger partial charge >= 0.3 is 0 Å². The van der Waals surface area contributed by atoms with E-state index >= 15 is 0 Å². The average Bonchev–Trinajstić information content (AvgIpc) is 2.99. The van der Waals surface area contributed by atoms with Crippen LogP contribution in [0.2, 0.25) is 5.02 Å². The lowest BCUT2D eigenvalue weighted by Gasteiger charge is -2.33. The molecule has 0 saturated carbocycles. The van der Waals surface area contributed by atoms with E-state index in [1.807, 2.05) is 37.3 Å². The van der Waals surface area contributed by atoms with Gasteiger partial charge in [-0.25, -0.2) is 12.8 Å². The molecular weight excluding hydrogens is 577 g/mol. The minimum atomic E-state index is -4.29. The van der Waals surface area contributed by atoms with E-state index in [1.54, 1.807) is 30.3 Å². The number of para-hydroxylation sites is 1. The van der Waals surface area contributed by atoms with Gasteiger partial charge in [-0.3, -0.25) is 13.9 Å². The summed E-state index contributed by atoms with van der Waals surface area (Å²) in [5, 5.41) is 2.72. The van der Waals surface area contributed by atoms with Crippen molar-refractivity contribution in [3.8, 4) is 0 Å².